The molecule has 1 amide bonds. The van der Waals surface area contributed by atoms with Gasteiger partial charge in [-0.2, -0.15) is 5.10 Å². The largest absolute Gasteiger partial charge is 0.350 e. The first kappa shape index (κ1) is 15.0. The normalized spacial score (nSPS) is 23.2. The highest BCUT2D eigenvalue weighted by molar-refractivity contribution is 5.85. The van der Waals surface area contributed by atoms with Crippen LogP contribution in [-0.4, -0.2) is 21.7 Å². The van der Waals surface area contributed by atoms with Gasteiger partial charge in [0.15, 0.2) is 0 Å². The van der Waals surface area contributed by atoms with E-state index in [1.54, 1.807) is 10.9 Å². The van der Waals surface area contributed by atoms with E-state index in [2.05, 4.69) is 10.4 Å². The van der Waals surface area contributed by atoms with Gasteiger partial charge in [-0.3, -0.25) is 9.48 Å². The maximum Gasteiger partial charge on any atom is 0.223 e. The molecule has 2 atom stereocenters. The van der Waals surface area contributed by atoms with Gasteiger partial charge < -0.3 is 11.1 Å². The van der Waals surface area contributed by atoms with Crippen molar-refractivity contribution in [1.29, 1.82) is 0 Å². The van der Waals surface area contributed by atoms with Crippen molar-refractivity contribution in [3.63, 3.8) is 0 Å². The van der Waals surface area contributed by atoms with Gasteiger partial charge in [0.05, 0.1) is 12.2 Å². The predicted octanol–water partition coefficient (Wildman–Crippen LogP) is 0.976. The molecule has 0 aromatic carbocycles. The molecule has 1 fully saturated rings. The average Bonchev–Trinajstić information content (AvgIpc) is 2.72. The van der Waals surface area contributed by atoms with E-state index < -0.39 is 0 Å². The number of nitrogens with two attached hydrogens (primary N) is 1. The molecule has 6 heteroatoms. The van der Waals surface area contributed by atoms with Crippen LogP contribution in [0.2, 0.25) is 0 Å². The summed E-state index contributed by atoms with van der Waals surface area (Å²) in [5.41, 5.74) is 6.90. The molecule has 1 aliphatic rings. The van der Waals surface area contributed by atoms with E-state index >= 15 is 0 Å². The van der Waals surface area contributed by atoms with Crippen LogP contribution in [0.25, 0.3) is 0 Å². The smallest absolute Gasteiger partial charge is 0.223 e. The molecule has 1 aromatic heterocycles. The first-order valence-corrected chi connectivity index (χ1v) is 6.17. The summed E-state index contributed by atoms with van der Waals surface area (Å²) >= 11 is 0. The first-order chi connectivity index (χ1) is 8.16. The van der Waals surface area contributed by atoms with Crippen molar-refractivity contribution >= 4 is 18.3 Å². The second-order valence-corrected chi connectivity index (χ2v) is 4.79. The molecular formula is C12H21ClN4O. The molecule has 2 rings (SSSR count). The Morgan fingerprint density at radius 1 is 1.61 bits per heavy atom. The zero-order valence-corrected chi connectivity index (χ0v) is 11.4. The van der Waals surface area contributed by atoms with Crippen molar-refractivity contribution in [2.24, 2.45) is 18.7 Å². The van der Waals surface area contributed by atoms with Gasteiger partial charge in [-0.15, -0.1) is 12.4 Å². The van der Waals surface area contributed by atoms with Crippen LogP contribution in [-0.2, 0) is 18.4 Å². The molecule has 1 aromatic rings. The van der Waals surface area contributed by atoms with Crippen LogP contribution >= 0.6 is 12.4 Å². The minimum Gasteiger partial charge on any atom is -0.350 e. The van der Waals surface area contributed by atoms with Gasteiger partial charge in [0.25, 0.3) is 0 Å². The molecule has 5 nitrogen and oxygen atoms in total. The molecule has 0 spiro atoms. The van der Waals surface area contributed by atoms with Gasteiger partial charge in [0, 0.05) is 25.2 Å². The van der Waals surface area contributed by atoms with Gasteiger partial charge in [0.1, 0.15) is 0 Å². The average molecular weight is 273 g/mol. The Bertz CT molecular complexity index is 393. The fraction of sp³-hybridized carbons (Fsp3) is 0.667. The molecule has 1 aliphatic carbocycles. The second-order valence-electron chi connectivity index (χ2n) is 4.79. The molecule has 2 unspecified atom stereocenters. The van der Waals surface area contributed by atoms with Crippen LogP contribution in [0.5, 0.6) is 0 Å². The number of amides is 1. The summed E-state index contributed by atoms with van der Waals surface area (Å²) in [7, 11) is 1.87. The number of halogens is 1. The van der Waals surface area contributed by atoms with E-state index in [0.717, 1.165) is 31.4 Å². The summed E-state index contributed by atoms with van der Waals surface area (Å²) < 4.78 is 1.77. The lowest BCUT2D eigenvalue weighted by molar-refractivity contribution is -0.126. The zero-order chi connectivity index (χ0) is 12.3. The van der Waals surface area contributed by atoms with Gasteiger partial charge in [-0.1, -0.05) is 6.42 Å². The van der Waals surface area contributed by atoms with Gasteiger partial charge in [-0.05, 0) is 25.3 Å². The molecule has 0 bridgehead atoms. The van der Waals surface area contributed by atoms with Gasteiger partial charge >= 0.3 is 0 Å². The Balaban J connectivity index is 0.00000162. The van der Waals surface area contributed by atoms with E-state index in [4.69, 9.17) is 5.73 Å². The minimum atomic E-state index is 0. The van der Waals surface area contributed by atoms with Crippen LogP contribution in [0.1, 0.15) is 31.4 Å². The quantitative estimate of drug-likeness (QED) is 0.861. The molecular weight excluding hydrogens is 252 g/mol. The molecule has 1 heterocycles. The second kappa shape index (κ2) is 6.75. The summed E-state index contributed by atoms with van der Waals surface area (Å²) in [6, 6.07) is 2.10. The minimum absolute atomic E-state index is 0. The maximum atomic E-state index is 12.0. The van der Waals surface area contributed by atoms with Crippen LogP contribution < -0.4 is 11.1 Å². The molecule has 0 radical (unpaired) electrons. The maximum absolute atomic E-state index is 12.0. The van der Waals surface area contributed by atoms with Crippen LogP contribution in [0, 0.1) is 5.92 Å². The Morgan fingerprint density at radius 2 is 2.39 bits per heavy atom. The molecule has 0 saturated heterocycles. The summed E-state index contributed by atoms with van der Waals surface area (Å²) in [6.45, 7) is 0.543. The number of hydrogen-bond donors (Lipinski definition) is 2. The molecule has 3 N–H and O–H groups in total. The fourth-order valence-electron chi connectivity index (χ4n) is 2.36. The van der Waals surface area contributed by atoms with Gasteiger partial charge in [0.2, 0.25) is 5.91 Å². The number of aromatic nitrogens is 2. The number of carbonyl (C=O) groups excluding carboxylic acids is 1. The Labute approximate surface area is 114 Å². The van der Waals surface area contributed by atoms with Crippen molar-refractivity contribution in [1.82, 2.24) is 15.1 Å². The molecule has 18 heavy (non-hydrogen) atoms. The van der Waals surface area contributed by atoms with Gasteiger partial charge in [-0.25, -0.2) is 0 Å². The van der Waals surface area contributed by atoms with Crippen molar-refractivity contribution in [3.05, 3.63) is 18.0 Å². The number of carbonyl (C=O) groups is 1. The predicted molar refractivity (Wildman–Crippen MR) is 72.2 cm³/mol. The topological polar surface area (TPSA) is 72.9 Å². The number of nitrogens with one attached hydrogen (secondary N) is 1. The molecule has 1 saturated carbocycles. The highest BCUT2D eigenvalue weighted by Gasteiger charge is 2.25. The summed E-state index contributed by atoms with van der Waals surface area (Å²) in [5, 5.41) is 7.03. The number of nitrogens with zero attached hydrogens (tertiary/aromatic N) is 2. The van der Waals surface area contributed by atoms with E-state index in [1.807, 2.05) is 13.1 Å². The van der Waals surface area contributed by atoms with Crippen molar-refractivity contribution in [2.75, 3.05) is 0 Å². The van der Waals surface area contributed by atoms with E-state index in [-0.39, 0.29) is 30.3 Å². The molecule has 102 valence electrons. The number of hydrogen-bond acceptors (Lipinski definition) is 3. The SMILES string of the molecule is Cl.Cn1nccc1CNC(=O)C1CCCC(N)C1. The van der Waals surface area contributed by atoms with Crippen molar-refractivity contribution in [3.8, 4) is 0 Å². The van der Waals surface area contributed by atoms with Crippen LogP contribution in [0.15, 0.2) is 12.3 Å². The van der Waals surface area contributed by atoms with Crippen molar-refractivity contribution < 1.29 is 4.79 Å². The Kier molecular flexibility index (Phi) is 5.62. The monoisotopic (exact) mass is 272 g/mol. The molecule has 0 aliphatic heterocycles. The summed E-state index contributed by atoms with van der Waals surface area (Å²) in [5.74, 6) is 0.216. The van der Waals surface area contributed by atoms with E-state index in [9.17, 15) is 4.79 Å². The fourth-order valence-corrected chi connectivity index (χ4v) is 2.36. The standard InChI is InChI=1S/C12H20N4O.ClH/c1-16-11(5-6-15-16)8-14-12(17)9-3-2-4-10(13)7-9;/h5-6,9-10H,2-4,7-8,13H2,1H3,(H,14,17);1H. The number of rotatable bonds is 3. The Morgan fingerprint density at radius 3 is 3.00 bits per heavy atom. The van der Waals surface area contributed by atoms with E-state index in [1.165, 1.54) is 0 Å². The lowest BCUT2D eigenvalue weighted by Gasteiger charge is -2.25. The summed E-state index contributed by atoms with van der Waals surface area (Å²) in [6.07, 6.45) is 5.62. The number of aryl methyl sites for hydroxylation is 1. The van der Waals surface area contributed by atoms with Crippen molar-refractivity contribution in [2.45, 2.75) is 38.3 Å². The highest BCUT2D eigenvalue weighted by Crippen LogP contribution is 2.23. The zero-order valence-electron chi connectivity index (χ0n) is 10.6. The highest BCUT2D eigenvalue weighted by atomic mass is 35.5. The third kappa shape index (κ3) is 3.71. The summed E-state index contributed by atoms with van der Waals surface area (Å²) in [4.78, 5) is 12.0. The third-order valence-corrected chi connectivity index (χ3v) is 3.45. The lowest BCUT2D eigenvalue weighted by atomic mass is 9.85. The van der Waals surface area contributed by atoms with Crippen LogP contribution in [0.3, 0.4) is 0 Å². The Hall–Kier alpha value is -1.07. The lowest BCUT2D eigenvalue weighted by Crippen LogP contribution is -2.37. The first-order valence-electron chi connectivity index (χ1n) is 6.17. The van der Waals surface area contributed by atoms with Crippen LogP contribution in [0.4, 0.5) is 0 Å². The van der Waals surface area contributed by atoms with E-state index in [0.29, 0.717) is 6.54 Å². The third-order valence-electron chi connectivity index (χ3n) is 3.45.